The average Bonchev–Trinajstić information content (AvgIpc) is 2.71. The maximum Gasteiger partial charge on any atom is 0.127 e. The molecule has 0 spiro atoms. The Morgan fingerprint density at radius 3 is 2.80 bits per heavy atom. The van der Waals surface area contributed by atoms with E-state index in [1.807, 2.05) is 19.4 Å². The summed E-state index contributed by atoms with van der Waals surface area (Å²) < 4.78 is 2.07. The van der Waals surface area contributed by atoms with Crippen LogP contribution in [0.15, 0.2) is 12.4 Å². The van der Waals surface area contributed by atoms with Crippen LogP contribution in [0.4, 0.5) is 0 Å². The Labute approximate surface area is 91.1 Å². The Balaban J connectivity index is 2.29. The second-order valence-electron chi connectivity index (χ2n) is 4.63. The highest BCUT2D eigenvalue weighted by molar-refractivity contribution is 5.07. The average molecular weight is 208 g/mol. The molecule has 4 heteroatoms. The molecule has 1 fully saturated rings. The highest BCUT2D eigenvalue weighted by Crippen LogP contribution is 2.31. The van der Waals surface area contributed by atoms with E-state index in [0.29, 0.717) is 6.04 Å². The number of aryl methyl sites for hydroxylation is 1. The van der Waals surface area contributed by atoms with Gasteiger partial charge in [-0.15, -0.1) is 0 Å². The van der Waals surface area contributed by atoms with Crippen molar-refractivity contribution in [1.82, 2.24) is 14.5 Å². The molecule has 0 aliphatic carbocycles. The van der Waals surface area contributed by atoms with E-state index in [1.165, 1.54) is 0 Å². The van der Waals surface area contributed by atoms with Crippen molar-refractivity contribution in [2.45, 2.75) is 38.4 Å². The van der Waals surface area contributed by atoms with Gasteiger partial charge in [0.25, 0.3) is 0 Å². The molecule has 2 rings (SSSR count). The molecule has 0 aromatic carbocycles. The van der Waals surface area contributed by atoms with Gasteiger partial charge in [0.1, 0.15) is 5.82 Å². The number of hydrogen-bond donors (Lipinski definition) is 1. The lowest BCUT2D eigenvalue weighted by molar-refractivity contribution is 0.188. The van der Waals surface area contributed by atoms with E-state index in [9.17, 15) is 0 Å². The SMILES string of the molecule is CC(C)N1CC[C@@H](N)[C@@H]1c1nccn1C. The Bertz CT molecular complexity index is 331. The molecule has 1 aliphatic rings. The molecule has 0 bridgehead atoms. The number of rotatable bonds is 2. The molecular weight excluding hydrogens is 188 g/mol. The van der Waals surface area contributed by atoms with E-state index < -0.39 is 0 Å². The molecule has 0 unspecified atom stereocenters. The molecule has 0 amide bonds. The smallest absolute Gasteiger partial charge is 0.127 e. The fourth-order valence-corrected chi connectivity index (χ4v) is 2.42. The lowest BCUT2D eigenvalue weighted by Gasteiger charge is -2.29. The summed E-state index contributed by atoms with van der Waals surface area (Å²) in [6.45, 7) is 5.51. The van der Waals surface area contributed by atoms with Crippen LogP contribution >= 0.6 is 0 Å². The second-order valence-corrected chi connectivity index (χ2v) is 4.63. The monoisotopic (exact) mass is 208 g/mol. The van der Waals surface area contributed by atoms with Gasteiger partial charge in [-0.2, -0.15) is 0 Å². The molecular formula is C11H20N4. The molecule has 1 aromatic heterocycles. The predicted octanol–water partition coefficient (Wildman–Crippen LogP) is 0.903. The van der Waals surface area contributed by atoms with Gasteiger partial charge < -0.3 is 10.3 Å². The fourth-order valence-electron chi connectivity index (χ4n) is 2.42. The summed E-state index contributed by atoms with van der Waals surface area (Å²) in [6, 6.07) is 1.03. The van der Waals surface area contributed by atoms with Crippen molar-refractivity contribution in [2.75, 3.05) is 6.54 Å². The van der Waals surface area contributed by atoms with Crippen molar-refractivity contribution < 1.29 is 0 Å². The van der Waals surface area contributed by atoms with Crippen LogP contribution in [0.2, 0.25) is 0 Å². The maximum atomic E-state index is 6.17. The number of imidazole rings is 1. The fraction of sp³-hybridized carbons (Fsp3) is 0.727. The first-order chi connectivity index (χ1) is 7.11. The third kappa shape index (κ3) is 1.79. The van der Waals surface area contributed by atoms with Gasteiger partial charge in [0, 0.05) is 38.1 Å². The largest absolute Gasteiger partial charge is 0.337 e. The zero-order chi connectivity index (χ0) is 11.0. The zero-order valence-corrected chi connectivity index (χ0v) is 9.72. The van der Waals surface area contributed by atoms with E-state index in [2.05, 4.69) is 28.3 Å². The van der Waals surface area contributed by atoms with E-state index in [4.69, 9.17) is 5.73 Å². The second kappa shape index (κ2) is 3.94. The molecule has 1 aliphatic heterocycles. The molecule has 2 heterocycles. The van der Waals surface area contributed by atoms with E-state index in [-0.39, 0.29) is 12.1 Å². The van der Waals surface area contributed by atoms with E-state index in [0.717, 1.165) is 18.8 Å². The summed E-state index contributed by atoms with van der Waals surface area (Å²) in [7, 11) is 2.03. The number of nitrogens with zero attached hydrogens (tertiary/aromatic N) is 3. The molecule has 0 saturated carbocycles. The van der Waals surface area contributed by atoms with Gasteiger partial charge in [-0.25, -0.2) is 4.98 Å². The van der Waals surface area contributed by atoms with Crippen LogP contribution in [0, 0.1) is 0 Å². The minimum atomic E-state index is 0.216. The van der Waals surface area contributed by atoms with Crippen LogP contribution in [0.5, 0.6) is 0 Å². The standard InChI is InChI=1S/C11H20N4/c1-8(2)15-6-4-9(12)10(15)11-13-5-7-14(11)3/h5,7-10H,4,6,12H2,1-3H3/t9-,10-/m1/s1. The summed E-state index contributed by atoms with van der Waals surface area (Å²) in [5.74, 6) is 1.09. The van der Waals surface area contributed by atoms with Crippen LogP contribution in [-0.4, -0.2) is 33.1 Å². The molecule has 1 aromatic rings. The summed E-state index contributed by atoms with van der Waals surface area (Å²) >= 11 is 0. The molecule has 4 nitrogen and oxygen atoms in total. The van der Waals surface area contributed by atoms with Gasteiger partial charge in [0.05, 0.1) is 6.04 Å². The highest BCUT2D eigenvalue weighted by Gasteiger charge is 2.36. The van der Waals surface area contributed by atoms with E-state index in [1.54, 1.807) is 0 Å². The minimum Gasteiger partial charge on any atom is -0.337 e. The lowest BCUT2D eigenvalue weighted by Crippen LogP contribution is -2.37. The van der Waals surface area contributed by atoms with Crippen LogP contribution < -0.4 is 5.73 Å². The third-order valence-electron chi connectivity index (χ3n) is 3.27. The zero-order valence-electron chi connectivity index (χ0n) is 9.72. The summed E-state index contributed by atoms with van der Waals surface area (Å²) in [6.07, 6.45) is 4.90. The Morgan fingerprint density at radius 1 is 1.53 bits per heavy atom. The molecule has 1 saturated heterocycles. The van der Waals surface area contributed by atoms with Crippen LogP contribution in [0.25, 0.3) is 0 Å². The Morgan fingerprint density at radius 2 is 2.27 bits per heavy atom. The number of likely N-dealkylation sites (tertiary alicyclic amines) is 1. The van der Waals surface area contributed by atoms with Gasteiger partial charge in [-0.3, -0.25) is 4.90 Å². The minimum absolute atomic E-state index is 0.216. The van der Waals surface area contributed by atoms with Gasteiger partial charge in [0.15, 0.2) is 0 Å². The number of nitrogens with two attached hydrogens (primary N) is 1. The molecule has 15 heavy (non-hydrogen) atoms. The quantitative estimate of drug-likeness (QED) is 0.785. The Hall–Kier alpha value is -0.870. The Kier molecular flexibility index (Phi) is 2.80. The van der Waals surface area contributed by atoms with Crippen LogP contribution in [0.3, 0.4) is 0 Å². The van der Waals surface area contributed by atoms with E-state index >= 15 is 0 Å². The topological polar surface area (TPSA) is 47.1 Å². The first-order valence-electron chi connectivity index (χ1n) is 5.60. The van der Waals surface area contributed by atoms with Crippen LogP contribution in [0.1, 0.15) is 32.1 Å². The summed E-state index contributed by atoms with van der Waals surface area (Å²) in [5, 5.41) is 0. The predicted molar refractivity (Wildman–Crippen MR) is 60.4 cm³/mol. The maximum absolute atomic E-state index is 6.17. The number of aromatic nitrogens is 2. The van der Waals surface area contributed by atoms with Crippen molar-refractivity contribution in [3.05, 3.63) is 18.2 Å². The van der Waals surface area contributed by atoms with Crippen molar-refractivity contribution in [3.8, 4) is 0 Å². The molecule has 84 valence electrons. The third-order valence-corrected chi connectivity index (χ3v) is 3.27. The molecule has 0 radical (unpaired) electrons. The van der Waals surface area contributed by atoms with Crippen molar-refractivity contribution in [3.63, 3.8) is 0 Å². The van der Waals surface area contributed by atoms with Crippen molar-refractivity contribution in [1.29, 1.82) is 0 Å². The summed E-state index contributed by atoms with van der Waals surface area (Å²) in [5.41, 5.74) is 6.17. The van der Waals surface area contributed by atoms with Crippen molar-refractivity contribution >= 4 is 0 Å². The molecule has 2 atom stereocenters. The van der Waals surface area contributed by atoms with Gasteiger partial charge in [-0.1, -0.05) is 0 Å². The van der Waals surface area contributed by atoms with Gasteiger partial charge >= 0.3 is 0 Å². The first-order valence-corrected chi connectivity index (χ1v) is 5.60. The highest BCUT2D eigenvalue weighted by atomic mass is 15.3. The van der Waals surface area contributed by atoms with Crippen molar-refractivity contribution in [2.24, 2.45) is 12.8 Å². The normalized spacial score (nSPS) is 27.8. The number of hydrogen-bond acceptors (Lipinski definition) is 3. The first kappa shape index (κ1) is 10.6. The lowest BCUT2D eigenvalue weighted by atomic mass is 10.1. The van der Waals surface area contributed by atoms with Gasteiger partial charge in [0.2, 0.25) is 0 Å². The molecule has 2 N–H and O–H groups in total. The summed E-state index contributed by atoms with van der Waals surface area (Å²) in [4.78, 5) is 6.86. The van der Waals surface area contributed by atoms with Gasteiger partial charge in [-0.05, 0) is 20.3 Å². The van der Waals surface area contributed by atoms with Crippen LogP contribution in [-0.2, 0) is 7.05 Å².